The Kier molecular flexibility index (Phi) is 5.60. The molecule has 1 aliphatic rings. The van der Waals surface area contributed by atoms with Crippen LogP contribution in [0.25, 0.3) is 11.5 Å². The number of aliphatic imine (C=N–C) groups is 1. The van der Waals surface area contributed by atoms with Gasteiger partial charge in [0.05, 0.1) is 6.54 Å². The summed E-state index contributed by atoms with van der Waals surface area (Å²) < 4.78 is 19.2. The molecular weight excluding hydrogens is 367 g/mol. The lowest BCUT2D eigenvalue weighted by atomic mass is 9.96. The van der Waals surface area contributed by atoms with Crippen molar-refractivity contribution in [3.63, 3.8) is 0 Å². The lowest BCUT2D eigenvalue weighted by Gasteiger charge is -2.19. The first kappa shape index (κ1) is 19.2. The monoisotopic (exact) mass is 392 g/mol. The summed E-state index contributed by atoms with van der Waals surface area (Å²) in [6.07, 6.45) is 3.74. The molecule has 0 saturated heterocycles. The molecule has 29 heavy (non-hydrogen) atoms. The van der Waals surface area contributed by atoms with Crippen LogP contribution >= 0.6 is 0 Å². The molecule has 1 aliphatic carbocycles. The fourth-order valence-corrected chi connectivity index (χ4v) is 3.38. The number of hydrogen-bond acceptors (Lipinski definition) is 3. The average Bonchev–Trinajstić information content (AvgIpc) is 3.40. The zero-order valence-electron chi connectivity index (χ0n) is 16.5. The molecule has 3 aromatic rings. The molecule has 150 valence electrons. The molecule has 0 unspecified atom stereocenters. The normalized spacial score (nSPS) is 15.2. The van der Waals surface area contributed by atoms with Crippen LogP contribution in [0.1, 0.15) is 31.0 Å². The van der Waals surface area contributed by atoms with Gasteiger partial charge in [0.15, 0.2) is 5.96 Å². The van der Waals surface area contributed by atoms with Crippen molar-refractivity contribution in [3.05, 3.63) is 77.9 Å². The Bertz CT molecular complexity index is 979. The minimum atomic E-state index is -0.186. The highest BCUT2D eigenvalue weighted by Crippen LogP contribution is 2.47. The largest absolute Gasteiger partial charge is 0.444 e. The Morgan fingerprint density at radius 2 is 1.97 bits per heavy atom. The minimum Gasteiger partial charge on any atom is -0.444 e. The van der Waals surface area contributed by atoms with Crippen LogP contribution in [0.5, 0.6) is 0 Å². The molecule has 0 amide bonds. The third-order valence-corrected chi connectivity index (χ3v) is 5.20. The van der Waals surface area contributed by atoms with Crippen molar-refractivity contribution >= 4 is 5.96 Å². The molecule has 0 spiro atoms. The van der Waals surface area contributed by atoms with E-state index in [1.165, 1.54) is 6.07 Å². The van der Waals surface area contributed by atoms with Crippen molar-refractivity contribution in [2.24, 2.45) is 4.99 Å². The van der Waals surface area contributed by atoms with Crippen molar-refractivity contribution in [1.29, 1.82) is 0 Å². The number of nitrogens with one attached hydrogen (secondary N) is 2. The van der Waals surface area contributed by atoms with Crippen LogP contribution in [-0.4, -0.2) is 24.0 Å². The van der Waals surface area contributed by atoms with E-state index in [2.05, 4.69) is 20.6 Å². The standard InChI is InChI=1S/C23H25FN4O/c1-2-25-22(27-16-23(11-12-23)18-9-6-10-19(24)13-18)26-14-20-15-29-21(28-20)17-7-4-3-5-8-17/h3-10,13,15H,2,11-12,14,16H2,1H3,(H2,25,26,27). The second kappa shape index (κ2) is 8.47. The van der Waals surface area contributed by atoms with Gasteiger partial charge >= 0.3 is 0 Å². The predicted molar refractivity (Wildman–Crippen MR) is 112 cm³/mol. The Labute approximate surface area is 170 Å². The lowest BCUT2D eigenvalue weighted by molar-refractivity contribution is 0.572. The zero-order chi connectivity index (χ0) is 20.1. The molecule has 1 fully saturated rings. The van der Waals surface area contributed by atoms with Crippen molar-refractivity contribution < 1.29 is 8.81 Å². The van der Waals surface area contributed by atoms with E-state index in [9.17, 15) is 4.39 Å². The van der Waals surface area contributed by atoms with E-state index in [-0.39, 0.29) is 11.2 Å². The molecule has 2 aromatic carbocycles. The Morgan fingerprint density at radius 3 is 2.69 bits per heavy atom. The molecule has 0 radical (unpaired) electrons. The number of halogens is 1. The van der Waals surface area contributed by atoms with Crippen molar-refractivity contribution in [3.8, 4) is 11.5 Å². The Morgan fingerprint density at radius 1 is 1.14 bits per heavy atom. The van der Waals surface area contributed by atoms with E-state index >= 15 is 0 Å². The number of hydrogen-bond donors (Lipinski definition) is 2. The summed E-state index contributed by atoms with van der Waals surface area (Å²) in [7, 11) is 0. The van der Waals surface area contributed by atoms with Crippen LogP contribution in [0, 0.1) is 5.82 Å². The highest BCUT2D eigenvalue weighted by Gasteiger charge is 2.44. The highest BCUT2D eigenvalue weighted by atomic mass is 19.1. The Hall–Kier alpha value is -3.15. The molecule has 2 N–H and O–H groups in total. The molecule has 1 saturated carbocycles. The maximum Gasteiger partial charge on any atom is 0.226 e. The number of rotatable bonds is 7. The van der Waals surface area contributed by atoms with Gasteiger partial charge in [-0.2, -0.15) is 0 Å². The van der Waals surface area contributed by atoms with Gasteiger partial charge < -0.3 is 15.1 Å². The topological polar surface area (TPSA) is 62.5 Å². The lowest BCUT2D eigenvalue weighted by Crippen LogP contribution is -2.41. The first-order valence-electron chi connectivity index (χ1n) is 9.97. The van der Waals surface area contributed by atoms with Crippen molar-refractivity contribution in [2.45, 2.75) is 31.7 Å². The number of oxazole rings is 1. The predicted octanol–water partition coefficient (Wildman–Crippen LogP) is 4.27. The molecule has 1 aromatic heterocycles. The molecule has 6 heteroatoms. The second-order valence-corrected chi connectivity index (χ2v) is 7.35. The Balaban J connectivity index is 1.40. The van der Waals surface area contributed by atoms with Gasteiger partial charge in [-0.15, -0.1) is 0 Å². The van der Waals surface area contributed by atoms with Gasteiger partial charge in [0.25, 0.3) is 0 Å². The SMILES string of the molecule is CCNC(=NCc1coc(-c2ccccc2)n1)NCC1(c2cccc(F)c2)CC1. The van der Waals surface area contributed by atoms with Crippen LogP contribution in [0.15, 0.2) is 70.3 Å². The van der Waals surface area contributed by atoms with E-state index < -0.39 is 0 Å². The van der Waals surface area contributed by atoms with Gasteiger partial charge in [0, 0.05) is 24.1 Å². The fourth-order valence-electron chi connectivity index (χ4n) is 3.38. The molecule has 0 bridgehead atoms. The van der Waals surface area contributed by atoms with Gasteiger partial charge in [-0.3, -0.25) is 0 Å². The van der Waals surface area contributed by atoms with Crippen LogP contribution in [0.2, 0.25) is 0 Å². The van der Waals surface area contributed by atoms with Crippen LogP contribution in [-0.2, 0) is 12.0 Å². The zero-order valence-corrected chi connectivity index (χ0v) is 16.5. The fraction of sp³-hybridized carbons (Fsp3) is 0.304. The van der Waals surface area contributed by atoms with E-state index in [0.717, 1.165) is 48.7 Å². The van der Waals surface area contributed by atoms with Gasteiger partial charge in [0.1, 0.15) is 17.8 Å². The summed E-state index contributed by atoms with van der Waals surface area (Å²) in [5.74, 6) is 1.13. The van der Waals surface area contributed by atoms with E-state index in [4.69, 9.17) is 4.42 Å². The molecule has 1 heterocycles. The van der Waals surface area contributed by atoms with Gasteiger partial charge in [-0.25, -0.2) is 14.4 Å². The quantitative estimate of drug-likeness (QED) is 0.466. The maximum atomic E-state index is 13.6. The second-order valence-electron chi connectivity index (χ2n) is 7.35. The third kappa shape index (κ3) is 4.65. The number of guanidine groups is 1. The van der Waals surface area contributed by atoms with Gasteiger partial charge in [-0.05, 0) is 49.6 Å². The molecule has 5 nitrogen and oxygen atoms in total. The summed E-state index contributed by atoms with van der Waals surface area (Å²) in [4.78, 5) is 9.15. The van der Waals surface area contributed by atoms with E-state index in [1.54, 1.807) is 18.4 Å². The van der Waals surface area contributed by atoms with Crippen LogP contribution in [0.3, 0.4) is 0 Å². The van der Waals surface area contributed by atoms with Crippen molar-refractivity contribution in [2.75, 3.05) is 13.1 Å². The average molecular weight is 392 g/mol. The molecular formula is C23H25FN4O. The summed E-state index contributed by atoms with van der Waals surface area (Å²) in [5.41, 5.74) is 2.75. The molecule has 0 atom stereocenters. The van der Waals surface area contributed by atoms with E-state index in [0.29, 0.717) is 12.4 Å². The number of aromatic nitrogens is 1. The molecule has 4 rings (SSSR count). The third-order valence-electron chi connectivity index (χ3n) is 5.20. The van der Waals surface area contributed by atoms with Crippen molar-refractivity contribution in [1.82, 2.24) is 15.6 Å². The van der Waals surface area contributed by atoms with Crippen LogP contribution < -0.4 is 10.6 Å². The maximum absolute atomic E-state index is 13.6. The molecule has 0 aliphatic heterocycles. The number of nitrogens with zero attached hydrogens (tertiary/aromatic N) is 2. The minimum absolute atomic E-state index is 0.00728. The van der Waals surface area contributed by atoms with Gasteiger partial charge in [0.2, 0.25) is 5.89 Å². The summed E-state index contributed by atoms with van der Waals surface area (Å²) in [6.45, 7) is 3.92. The van der Waals surface area contributed by atoms with Crippen LogP contribution in [0.4, 0.5) is 4.39 Å². The highest BCUT2D eigenvalue weighted by molar-refractivity contribution is 5.80. The summed E-state index contributed by atoms with van der Waals surface area (Å²) >= 11 is 0. The number of benzene rings is 2. The first-order valence-corrected chi connectivity index (χ1v) is 9.97. The van der Waals surface area contributed by atoms with Gasteiger partial charge in [-0.1, -0.05) is 30.3 Å². The van der Waals surface area contributed by atoms with E-state index in [1.807, 2.05) is 43.3 Å². The summed E-state index contributed by atoms with van der Waals surface area (Å²) in [5, 5.41) is 6.67. The smallest absolute Gasteiger partial charge is 0.226 e. The first-order chi connectivity index (χ1) is 14.2. The summed E-state index contributed by atoms with van der Waals surface area (Å²) in [6, 6.07) is 16.7.